The molecular formula is C17H20N4O3. The van der Waals surface area contributed by atoms with Gasteiger partial charge in [0.05, 0.1) is 12.2 Å². The first-order valence-electron chi connectivity index (χ1n) is 7.80. The van der Waals surface area contributed by atoms with Gasteiger partial charge in [-0.1, -0.05) is 6.92 Å². The van der Waals surface area contributed by atoms with Crippen molar-refractivity contribution in [2.24, 2.45) is 0 Å². The van der Waals surface area contributed by atoms with Crippen molar-refractivity contribution in [3.8, 4) is 0 Å². The first-order chi connectivity index (χ1) is 11.6. The topological polar surface area (TPSA) is 93.2 Å². The highest BCUT2D eigenvalue weighted by Gasteiger charge is 2.08. The molecule has 2 N–H and O–H groups in total. The van der Waals surface area contributed by atoms with Crippen molar-refractivity contribution in [1.82, 2.24) is 15.5 Å². The summed E-state index contributed by atoms with van der Waals surface area (Å²) in [6.07, 6.45) is 0.862. The number of nitrogens with one attached hydrogen (secondary N) is 2. The van der Waals surface area contributed by atoms with Crippen LogP contribution in [-0.4, -0.2) is 35.2 Å². The zero-order valence-corrected chi connectivity index (χ0v) is 13.7. The summed E-state index contributed by atoms with van der Waals surface area (Å²) in [4.78, 5) is 23.3. The molecule has 7 heteroatoms. The number of ether oxygens (including phenoxy) is 1. The van der Waals surface area contributed by atoms with Crippen LogP contribution in [0, 0.1) is 0 Å². The zero-order valence-electron chi connectivity index (χ0n) is 13.7. The summed E-state index contributed by atoms with van der Waals surface area (Å²) in [5, 5.41) is 13.7. The quantitative estimate of drug-likeness (QED) is 0.759. The molecule has 0 unspecified atom stereocenters. The molecule has 1 aromatic carbocycles. The Labute approximate surface area is 140 Å². The number of carbonyl (C=O) groups excluding carboxylic acids is 2. The minimum absolute atomic E-state index is 0.241. The monoisotopic (exact) mass is 328 g/mol. The van der Waals surface area contributed by atoms with E-state index in [2.05, 4.69) is 20.8 Å². The number of hydrogen-bond acceptors (Lipinski definition) is 6. The Morgan fingerprint density at radius 1 is 1.04 bits per heavy atom. The summed E-state index contributed by atoms with van der Waals surface area (Å²) < 4.78 is 4.93. The van der Waals surface area contributed by atoms with E-state index in [0.29, 0.717) is 24.5 Å². The van der Waals surface area contributed by atoms with Gasteiger partial charge in [-0.2, -0.15) is 0 Å². The summed E-state index contributed by atoms with van der Waals surface area (Å²) in [7, 11) is 0. The lowest BCUT2D eigenvalue weighted by Gasteiger charge is -2.07. The van der Waals surface area contributed by atoms with Gasteiger partial charge in [0.2, 0.25) is 0 Å². The molecule has 2 rings (SSSR count). The second kappa shape index (κ2) is 8.61. The van der Waals surface area contributed by atoms with Gasteiger partial charge in [-0.15, -0.1) is 10.2 Å². The van der Waals surface area contributed by atoms with Crippen molar-refractivity contribution in [2.75, 3.05) is 18.5 Å². The molecule has 0 radical (unpaired) electrons. The predicted octanol–water partition coefficient (Wildman–Crippen LogP) is 2.54. The first-order valence-corrected chi connectivity index (χ1v) is 7.80. The van der Waals surface area contributed by atoms with Gasteiger partial charge in [0.15, 0.2) is 11.5 Å². The number of esters is 1. The number of amides is 1. The second-order valence-electron chi connectivity index (χ2n) is 4.98. The summed E-state index contributed by atoms with van der Waals surface area (Å²) >= 11 is 0. The molecule has 1 aromatic heterocycles. The lowest BCUT2D eigenvalue weighted by molar-refractivity contribution is 0.0526. The van der Waals surface area contributed by atoms with Crippen molar-refractivity contribution in [2.45, 2.75) is 20.3 Å². The number of hydrogen-bond donors (Lipinski definition) is 2. The highest BCUT2D eigenvalue weighted by atomic mass is 16.5. The van der Waals surface area contributed by atoms with Crippen LogP contribution in [0.25, 0.3) is 0 Å². The van der Waals surface area contributed by atoms with Crippen molar-refractivity contribution >= 4 is 23.4 Å². The summed E-state index contributed by atoms with van der Waals surface area (Å²) in [5.74, 6) is -0.0908. The maximum Gasteiger partial charge on any atom is 0.338 e. The maximum absolute atomic E-state index is 11.7. The molecule has 0 spiro atoms. The van der Waals surface area contributed by atoms with Crippen LogP contribution >= 0.6 is 0 Å². The van der Waals surface area contributed by atoms with E-state index >= 15 is 0 Å². The molecule has 0 saturated carbocycles. The highest BCUT2D eigenvalue weighted by Crippen LogP contribution is 2.15. The van der Waals surface area contributed by atoms with Crippen LogP contribution in [0.15, 0.2) is 36.4 Å². The third kappa shape index (κ3) is 4.77. The van der Waals surface area contributed by atoms with Gasteiger partial charge in [-0.3, -0.25) is 4.79 Å². The molecule has 0 aliphatic rings. The van der Waals surface area contributed by atoms with Crippen LogP contribution in [0.3, 0.4) is 0 Å². The second-order valence-corrected chi connectivity index (χ2v) is 4.98. The van der Waals surface area contributed by atoms with Gasteiger partial charge in [-0.05, 0) is 49.7 Å². The summed E-state index contributed by atoms with van der Waals surface area (Å²) in [6.45, 7) is 4.69. The molecule has 7 nitrogen and oxygen atoms in total. The van der Waals surface area contributed by atoms with E-state index in [0.717, 1.165) is 12.1 Å². The van der Waals surface area contributed by atoms with E-state index in [1.807, 2.05) is 6.92 Å². The largest absolute Gasteiger partial charge is 0.462 e. The number of carbonyl (C=O) groups is 2. The minimum Gasteiger partial charge on any atom is -0.462 e. The SMILES string of the molecule is CCCNC(=O)c1ccc(Nc2ccc(C(=O)OCC)cc2)nn1. The third-order valence-electron chi connectivity index (χ3n) is 3.10. The van der Waals surface area contributed by atoms with Gasteiger partial charge >= 0.3 is 5.97 Å². The predicted molar refractivity (Wildman–Crippen MR) is 90.3 cm³/mol. The van der Waals surface area contributed by atoms with Crippen molar-refractivity contribution < 1.29 is 14.3 Å². The van der Waals surface area contributed by atoms with Gasteiger partial charge in [0.1, 0.15) is 0 Å². The number of nitrogens with zero attached hydrogens (tertiary/aromatic N) is 2. The molecule has 0 aliphatic heterocycles. The van der Waals surface area contributed by atoms with Crippen LogP contribution in [-0.2, 0) is 4.74 Å². The number of anilines is 2. The van der Waals surface area contributed by atoms with Crippen LogP contribution in [0.4, 0.5) is 11.5 Å². The van der Waals surface area contributed by atoms with Gasteiger partial charge < -0.3 is 15.4 Å². The van der Waals surface area contributed by atoms with Crippen LogP contribution in [0.1, 0.15) is 41.1 Å². The molecule has 1 amide bonds. The van der Waals surface area contributed by atoms with Crippen LogP contribution in [0.5, 0.6) is 0 Å². The van der Waals surface area contributed by atoms with E-state index in [1.54, 1.807) is 43.3 Å². The first kappa shape index (κ1) is 17.4. The lowest BCUT2D eigenvalue weighted by Crippen LogP contribution is -2.25. The molecule has 0 aliphatic carbocycles. The molecule has 0 atom stereocenters. The van der Waals surface area contributed by atoms with Crippen molar-refractivity contribution in [3.05, 3.63) is 47.7 Å². The van der Waals surface area contributed by atoms with Crippen LogP contribution < -0.4 is 10.6 Å². The average molecular weight is 328 g/mol. The van der Waals surface area contributed by atoms with E-state index < -0.39 is 0 Å². The van der Waals surface area contributed by atoms with Gasteiger partial charge in [-0.25, -0.2) is 4.79 Å². The molecule has 24 heavy (non-hydrogen) atoms. The molecular weight excluding hydrogens is 308 g/mol. The summed E-state index contributed by atoms with van der Waals surface area (Å²) in [5.41, 5.74) is 1.50. The standard InChI is InChI=1S/C17H20N4O3/c1-3-11-18-16(22)14-9-10-15(21-20-14)19-13-7-5-12(6-8-13)17(23)24-4-2/h5-10H,3-4,11H2,1-2H3,(H,18,22)(H,19,21). The Kier molecular flexibility index (Phi) is 6.24. The van der Waals surface area contributed by atoms with Crippen molar-refractivity contribution in [3.63, 3.8) is 0 Å². The molecule has 2 aromatic rings. The Morgan fingerprint density at radius 3 is 2.38 bits per heavy atom. The molecule has 0 bridgehead atoms. The van der Waals surface area contributed by atoms with E-state index in [9.17, 15) is 9.59 Å². The number of rotatable bonds is 7. The normalized spacial score (nSPS) is 10.1. The van der Waals surface area contributed by atoms with Crippen molar-refractivity contribution in [1.29, 1.82) is 0 Å². The van der Waals surface area contributed by atoms with Crippen LogP contribution in [0.2, 0.25) is 0 Å². The van der Waals surface area contributed by atoms with Gasteiger partial charge in [0.25, 0.3) is 5.91 Å². The number of aromatic nitrogens is 2. The zero-order chi connectivity index (χ0) is 17.4. The lowest BCUT2D eigenvalue weighted by atomic mass is 10.2. The fourth-order valence-corrected chi connectivity index (χ4v) is 1.90. The smallest absolute Gasteiger partial charge is 0.338 e. The molecule has 126 valence electrons. The fourth-order valence-electron chi connectivity index (χ4n) is 1.90. The minimum atomic E-state index is -0.355. The Hall–Kier alpha value is -2.96. The molecule has 0 saturated heterocycles. The van der Waals surface area contributed by atoms with E-state index in [4.69, 9.17) is 4.74 Å². The summed E-state index contributed by atoms with van der Waals surface area (Å²) in [6, 6.07) is 10.1. The highest BCUT2D eigenvalue weighted by molar-refractivity contribution is 5.92. The van der Waals surface area contributed by atoms with E-state index in [1.165, 1.54) is 0 Å². The fraction of sp³-hybridized carbons (Fsp3) is 0.294. The molecule has 0 fully saturated rings. The third-order valence-corrected chi connectivity index (χ3v) is 3.10. The van der Waals surface area contributed by atoms with E-state index in [-0.39, 0.29) is 17.6 Å². The Morgan fingerprint density at radius 2 is 1.79 bits per heavy atom. The number of benzene rings is 1. The maximum atomic E-state index is 11.7. The Balaban J connectivity index is 1.98. The van der Waals surface area contributed by atoms with Gasteiger partial charge in [0, 0.05) is 12.2 Å². The molecule has 1 heterocycles. The Bertz CT molecular complexity index is 684. The average Bonchev–Trinajstić information content (AvgIpc) is 2.61.